The Morgan fingerprint density at radius 1 is 1.06 bits per heavy atom. The van der Waals surface area contributed by atoms with Gasteiger partial charge >= 0.3 is 0 Å². The standard InChI is InChI=1S/C27H31FN4O3/c1-3-34-24-11-10-19(13-25(24)35-4-2)15-29-26(33)21-8-6-12-32(18-21)27-30-16-22(17-31-27)20-7-5-9-23(28)14-20/h5,7,9-11,13-14,16-17,21H,3-4,6,8,12,15,18H2,1-2H3,(H,29,33)/t21-/m0/s1. The van der Waals surface area contributed by atoms with Crippen LogP contribution in [0.15, 0.2) is 54.9 Å². The number of piperidine rings is 1. The Morgan fingerprint density at radius 3 is 2.57 bits per heavy atom. The number of ether oxygens (including phenoxy) is 2. The second-order valence-electron chi connectivity index (χ2n) is 8.43. The van der Waals surface area contributed by atoms with Crippen molar-refractivity contribution >= 4 is 11.9 Å². The minimum Gasteiger partial charge on any atom is -0.490 e. The van der Waals surface area contributed by atoms with Gasteiger partial charge in [-0.2, -0.15) is 0 Å². The number of carbonyl (C=O) groups excluding carboxylic acids is 1. The topological polar surface area (TPSA) is 76.6 Å². The summed E-state index contributed by atoms with van der Waals surface area (Å²) in [6.07, 6.45) is 5.09. The van der Waals surface area contributed by atoms with Crippen molar-refractivity contribution in [2.45, 2.75) is 33.2 Å². The SMILES string of the molecule is CCOc1ccc(CNC(=O)[C@H]2CCCN(c3ncc(-c4cccc(F)c4)cn3)C2)cc1OCC. The van der Waals surface area contributed by atoms with Crippen molar-refractivity contribution < 1.29 is 18.7 Å². The smallest absolute Gasteiger partial charge is 0.225 e. The summed E-state index contributed by atoms with van der Waals surface area (Å²) in [5.74, 6) is 1.54. The van der Waals surface area contributed by atoms with E-state index >= 15 is 0 Å². The van der Waals surface area contributed by atoms with Crippen molar-refractivity contribution in [3.8, 4) is 22.6 Å². The Bertz CT molecular complexity index is 1140. The van der Waals surface area contributed by atoms with Gasteiger partial charge in [0.1, 0.15) is 5.82 Å². The summed E-state index contributed by atoms with van der Waals surface area (Å²) in [6.45, 7) is 6.72. The highest BCUT2D eigenvalue weighted by Crippen LogP contribution is 2.29. The summed E-state index contributed by atoms with van der Waals surface area (Å²) >= 11 is 0. The van der Waals surface area contributed by atoms with E-state index in [-0.39, 0.29) is 17.6 Å². The van der Waals surface area contributed by atoms with E-state index in [0.717, 1.165) is 36.1 Å². The molecule has 4 rings (SSSR count). The second-order valence-corrected chi connectivity index (χ2v) is 8.43. The number of hydrogen-bond donors (Lipinski definition) is 1. The molecule has 2 aromatic carbocycles. The van der Waals surface area contributed by atoms with E-state index in [1.54, 1.807) is 18.5 Å². The average Bonchev–Trinajstić information content (AvgIpc) is 2.89. The normalized spacial score (nSPS) is 15.5. The summed E-state index contributed by atoms with van der Waals surface area (Å²) in [7, 11) is 0. The third kappa shape index (κ3) is 6.26. The van der Waals surface area contributed by atoms with Gasteiger partial charge in [-0.1, -0.05) is 18.2 Å². The van der Waals surface area contributed by atoms with Crippen LogP contribution in [0.3, 0.4) is 0 Å². The number of halogens is 1. The van der Waals surface area contributed by atoms with Gasteiger partial charge in [0.25, 0.3) is 0 Å². The molecule has 184 valence electrons. The molecular weight excluding hydrogens is 447 g/mol. The Hall–Kier alpha value is -3.68. The lowest BCUT2D eigenvalue weighted by Gasteiger charge is -2.32. The molecule has 1 fully saturated rings. The first-order chi connectivity index (χ1) is 17.1. The molecule has 7 nitrogen and oxygen atoms in total. The van der Waals surface area contributed by atoms with Crippen LogP contribution in [-0.2, 0) is 11.3 Å². The van der Waals surface area contributed by atoms with Gasteiger partial charge in [0.2, 0.25) is 11.9 Å². The highest BCUT2D eigenvalue weighted by atomic mass is 19.1. The highest BCUT2D eigenvalue weighted by molar-refractivity contribution is 5.79. The number of hydrogen-bond acceptors (Lipinski definition) is 6. The van der Waals surface area contributed by atoms with Crippen LogP contribution in [0.5, 0.6) is 11.5 Å². The van der Waals surface area contributed by atoms with Gasteiger partial charge in [0.05, 0.1) is 19.1 Å². The van der Waals surface area contributed by atoms with Crippen LogP contribution in [-0.4, -0.2) is 42.2 Å². The Balaban J connectivity index is 1.35. The first-order valence-electron chi connectivity index (χ1n) is 12.1. The summed E-state index contributed by atoms with van der Waals surface area (Å²) in [4.78, 5) is 23.9. The molecule has 0 radical (unpaired) electrons. The number of rotatable bonds is 9. The summed E-state index contributed by atoms with van der Waals surface area (Å²) in [5.41, 5.74) is 2.43. The lowest BCUT2D eigenvalue weighted by atomic mass is 9.97. The lowest BCUT2D eigenvalue weighted by Crippen LogP contribution is -2.43. The van der Waals surface area contributed by atoms with Crippen LogP contribution in [0.2, 0.25) is 0 Å². The number of nitrogens with zero attached hydrogens (tertiary/aromatic N) is 3. The van der Waals surface area contributed by atoms with E-state index in [1.165, 1.54) is 12.1 Å². The van der Waals surface area contributed by atoms with Crippen LogP contribution >= 0.6 is 0 Å². The van der Waals surface area contributed by atoms with Crippen molar-refractivity contribution in [2.75, 3.05) is 31.2 Å². The molecule has 1 amide bonds. The van der Waals surface area contributed by atoms with Crippen LogP contribution < -0.4 is 19.7 Å². The molecule has 0 bridgehead atoms. The van der Waals surface area contributed by atoms with E-state index in [0.29, 0.717) is 43.8 Å². The van der Waals surface area contributed by atoms with Crippen molar-refractivity contribution in [1.29, 1.82) is 0 Å². The third-order valence-electron chi connectivity index (χ3n) is 5.95. The monoisotopic (exact) mass is 478 g/mol. The zero-order valence-corrected chi connectivity index (χ0v) is 20.2. The van der Waals surface area contributed by atoms with E-state index in [2.05, 4.69) is 15.3 Å². The van der Waals surface area contributed by atoms with Crippen molar-refractivity contribution in [1.82, 2.24) is 15.3 Å². The number of carbonyl (C=O) groups is 1. The quantitative estimate of drug-likeness (QED) is 0.484. The number of benzene rings is 2. The van der Waals surface area contributed by atoms with Crippen LogP contribution in [0, 0.1) is 11.7 Å². The minimum atomic E-state index is -0.296. The highest BCUT2D eigenvalue weighted by Gasteiger charge is 2.27. The molecule has 0 aliphatic carbocycles. The maximum Gasteiger partial charge on any atom is 0.225 e. The molecule has 1 atom stereocenters. The molecular formula is C27H31FN4O3. The number of anilines is 1. The van der Waals surface area contributed by atoms with Gasteiger partial charge in [0, 0.05) is 37.6 Å². The van der Waals surface area contributed by atoms with E-state index < -0.39 is 0 Å². The Labute approximate surface area is 205 Å². The molecule has 0 spiro atoms. The Morgan fingerprint density at radius 2 is 1.83 bits per heavy atom. The molecule has 1 aliphatic heterocycles. The lowest BCUT2D eigenvalue weighted by molar-refractivity contribution is -0.125. The fourth-order valence-corrected chi connectivity index (χ4v) is 4.21. The van der Waals surface area contributed by atoms with Gasteiger partial charge < -0.3 is 19.7 Å². The van der Waals surface area contributed by atoms with Crippen molar-refractivity contribution in [3.05, 3.63) is 66.2 Å². The zero-order chi connectivity index (χ0) is 24.6. The van der Waals surface area contributed by atoms with Crippen LogP contribution in [0.25, 0.3) is 11.1 Å². The molecule has 3 aromatic rings. The predicted molar refractivity (Wildman–Crippen MR) is 133 cm³/mol. The fraction of sp³-hybridized carbons (Fsp3) is 0.370. The zero-order valence-electron chi connectivity index (χ0n) is 20.2. The van der Waals surface area contributed by atoms with Gasteiger partial charge in [-0.15, -0.1) is 0 Å². The van der Waals surface area contributed by atoms with Gasteiger partial charge in [-0.05, 0) is 62.1 Å². The number of amides is 1. The average molecular weight is 479 g/mol. The molecule has 1 aromatic heterocycles. The molecule has 1 saturated heterocycles. The molecule has 1 aliphatic rings. The van der Waals surface area contributed by atoms with Gasteiger partial charge in [-0.3, -0.25) is 4.79 Å². The third-order valence-corrected chi connectivity index (χ3v) is 5.95. The van der Waals surface area contributed by atoms with E-state index in [9.17, 15) is 9.18 Å². The largest absolute Gasteiger partial charge is 0.490 e. The first-order valence-corrected chi connectivity index (χ1v) is 12.1. The van der Waals surface area contributed by atoms with Gasteiger partial charge in [0.15, 0.2) is 11.5 Å². The van der Waals surface area contributed by atoms with Crippen LogP contribution in [0.4, 0.5) is 10.3 Å². The molecule has 0 unspecified atom stereocenters. The maximum atomic E-state index is 13.5. The number of aromatic nitrogens is 2. The maximum absolute atomic E-state index is 13.5. The Kier molecular flexibility index (Phi) is 8.13. The molecule has 8 heteroatoms. The van der Waals surface area contributed by atoms with Gasteiger partial charge in [-0.25, -0.2) is 14.4 Å². The first kappa shape index (κ1) is 24.4. The molecule has 2 heterocycles. The van der Waals surface area contributed by atoms with Crippen molar-refractivity contribution in [2.24, 2.45) is 5.92 Å². The summed E-state index contributed by atoms with van der Waals surface area (Å²) in [6, 6.07) is 12.1. The predicted octanol–water partition coefficient (Wildman–Crippen LogP) is 4.61. The van der Waals surface area contributed by atoms with E-state index in [4.69, 9.17) is 9.47 Å². The van der Waals surface area contributed by atoms with E-state index in [1.807, 2.05) is 43.0 Å². The van der Waals surface area contributed by atoms with Crippen LogP contribution in [0.1, 0.15) is 32.3 Å². The molecule has 0 saturated carbocycles. The molecule has 1 N–H and O–H groups in total. The summed E-state index contributed by atoms with van der Waals surface area (Å²) in [5, 5.41) is 3.06. The minimum absolute atomic E-state index is 0.0120. The fourth-order valence-electron chi connectivity index (χ4n) is 4.21. The second kappa shape index (κ2) is 11.6. The van der Waals surface area contributed by atoms with Crippen molar-refractivity contribution in [3.63, 3.8) is 0 Å². The number of nitrogens with one attached hydrogen (secondary N) is 1. The molecule has 35 heavy (non-hydrogen) atoms. The summed E-state index contributed by atoms with van der Waals surface area (Å²) < 4.78 is 24.8.